The van der Waals surface area contributed by atoms with Crippen molar-refractivity contribution in [2.75, 3.05) is 33.7 Å². The second-order valence-corrected chi connectivity index (χ2v) is 4.37. The minimum Gasteiger partial charge on any atom is -0.392 e. The number of aliphatic hydroxyl groups is 1. The molecule has 0 aliphatic carbocycles. The van der Waals surface area contributed by atoms with Crippen molar-refractivity contribution < 1.29 is 5.11 Å². The molecular weight excluding hydrogens is 164 g/mol. The molecule has 2 atom stereocenters. The minimum absolute atomic E-state index is 0.194. The average Bonchev–Trinajstić information content (AvgIpc) is 2.03. The van der Waals surface area contributed by atoms with Crippen LogP contribution < -0.4 is 0 Å². The largest absolute Gasteiger partial charge is 0.392 e. The van der Waals surface area contributed by atoms with E-state index in [9.17, 15) is 5.11 Å². The summed E-state index contributed by atoms with van der Waals surface area (Å²) in [7, 11) is 4.27. The van der Waals surface area contributed by atoms with E-state index in [1.807, 2.05) is 6.92 Å². The Balaban J connectivity index is 2.33. The van der Waals surface area contributed by atoms with Crippen molar-refractivity contribution in [2.24, 2.45) is 0 Å². The number of hydrogen-bond donors (Lipinski definition) is 1. The van der Waals surface area contributed by atoms with Gasteiger partial charge in [-0.2, -0.15) is 0 Å². The standard InChI is InChI=1S/C10H22N2O/c1-9(13)7-12-6-4-5-10(8-12)11(2)3/h9-10,13H,4-8H2,1-3H3. The fourth-order valence-corrected chi connectivity index (χ4v) is 1.99. The van der Waals surface area contributed by atoms with E-state index in [4.69, 9.17) is 0 Å². The van der Waals surface area contributed by atoms with Gasteiger partial charge in [0.15, 0.2) is 0 Å². The Labute approximate surface area is 81.3 Å². The zero-order chi connectivity index (χ0) is 9.84. The molecule has 0 aromatic carbocycles. The lowest BCUT2D eigenvalue weighted by Crippen LogP contribution is -2.46. The first-order chi connectivity index (χ1) is 6.09. The van der Waals surface area contributed by atoms with Gasteiger partial charge in [0.1, 0.15) is 0 Å². The van der Waals surface area contributed by atoms with Gasteiger partial charge in [0.25, 0.3) is 0 Å². The van der Waals surface area contributed by atoms with Crippen LogP contribution in [0.25, 0.3) is 0 Å². The van der Waals surface area contributed by atoms with E-state index in [1.54, 1.807) is 0 Å². The van der Waals surface area contributed by atoms with Crippen molar-refractivity contribution in [1.29, 1.82) is 0 Å². The molecular formula is C10H22N2O. The van der Waals surface area contributed by atoms with Crippen LogP contribution in [0.15, 0.2) is 0 Å². The van der Waals surface area contributed by atoms with E-state index >= 15 is 0 Å². The van der Waals surface area contributed by atoms with Gasteiger partial charge in [-0.05, 0) is 40.4 Å². The smallest absolute Gasteiger partial charge is 0.0639 e. The summed E-state index contributed by atoms with van der Waals surface area (Å²) in [4.78, 5) is 4.65. The van der Waals surface area contributed by atoms with Crippen LogP contribution in [-0.4, -0.2) is 60.8 Å². The normalized spacial score (nSPS) is 27.9. The number of likely N-dealkylation sites (N-methyl/N-ethyl adjacent to an activating group) is 1. The van der Waals surface area contributed by atoms with E-state index in [-0.39, 0.29) is 6.10 Å². The summed E-state index contributed by atoms with van der Waals surface area (Å²) in [5.74, 6) is 0. The molecule has 0 amide bonds. The van der Waals surface area contributed by atoms with Gasteiger partial charge in [0, 0.05) is 19.1 Å². The van der Waals surface area contributed by atoms with Crippen LogP contribution in [0.1, 0.15) is 19.8 Å². The molecule has 1 saturated heterocycles. The molecule has 1 rings (SSSR count). The molecule has 3 heteroatoms. The number of hydrogen-bond acceptors (Lipinski definition) is 3. The molecule has 0 aromatic rings. The van der Waals surface area contributed by atoms with E-state index in [1.165, 1.54) is 12.8 Å². The fourth-order valence-electron chi connectivity index (χ4n) is 1.99. The Kier molecular flexibility index (Phi) is 4.16. The molecule has 0 aromatic heterocycles. The first-order valence-corrected chi connectivity index (χ1v) is 5.16. The third kappa shape index (κ3) is 3.63. The monoisotopic (exact) mass is 186 g/mol. The van der Waals surface area contributed by atoms with Crippen molar-refractivity contribution in [1.82, 2.24) is 9.80 Å². The predicted molar refractivity (Wildman–Crippen MR) is 54.8 cm³/mol. The summed E-state index contributed by atoms with van der Waals surface area (Å²) in [5, 5.41) is 9.27. The number of aliphatic hydroxyl groups excluding tert-OH is 1. The van der Waals surface area contributed by atoms with Gasteiger partial charge < -0.3 is 10.0 Å². The van der Waals surface area contributed by atoms with Gasteiger partial charge in [-0.25, -0.2) is 0 Å². The van der Waals surface area contributed by atoms with Crippen LogP contribution in [0.3, 0.4) is 0 Å². The highest BCUT2D eigenvalue weighted by Gasteiger charge is 2.21. The third-order valence-electron chi connectivity index (χ3n) is 2.73. The van der Waals surface area contributed by atoms with E-state index in [0.717, 1.165) is 19.6 Å². The second-order valence-electron chi connectivity index (χ2n) is 4.37. The highest BCUT2D eigenvalue weighted by Crippen LogP contribution is 2.13. The molecule has 1 N–H and O–H groups in total. The van der Waals surface area contributed by atoms with Gasteiger partial charge in [0.2, 0.25) is 0 Å². The molecule has 3 nitrogen and oxygen atoms in total. The summed E-state index contributed by atoms with van der Waals surface area (Å²) in [5.41, 5.74) is 0. The molecule has 0 radical (unpaired) electrons. The van der Waals surface area contributed by atoms with Crippen molar-refractivity contribution >= 4 is 0 Å². The molecule has 0 bridgehead atoms. The summed E-state index contributed by atoms with van der Waals surface area (Å²) >= 11 is 0. The molecule has 0 saturated carbocycles. The van der Waals surface area contributed by atoms with Crippen molar-refractivity contribution in [3.63, 3.8) is 0 Å². The zero-order valence-corrected chi connectivity index (χ0v) is 9.03. The summed E-state index contributed by atoms with van der Waals surface area (Å²) < 4.78 is 0. The lowest BCUT2D eigenvalue weighted by Gasteiger charge is -2.36. The van der Waals surface area contributed by atoms with Crippen LogP contribution in [0.4, 0.5) is 0 Å². The van der Waals surface area contributed by atoms with Crippen molar-refractivity contribution in [3.8, 4) is 0 Å². The highest BCUT2D eigenvalue weighted by molar-refractivity contribution is 4.78. The number of β-amino-alcohol motifs (C(OH)–C–C–N with tert-alkyl or cyclic N) is 1. The van der Waals surface area contributed by atoms with Crippen LogP contribution in [0, 0.1) is 0 Å². The Morgan fingerprint density at radius 1 is 1.54 bits per heavy atom. The first kappa shape index (κ1) is 11.0. The van der Waals surface area contributed by atoms with Crippen LogP contribution in [0.2, 0.25) is 0 Å². The topological polar surface area (TPSA) is 26.7 Å². The first-order valence-electron chi connectivity index (χ1n) is 5.16. The maximum atomic E-state index is 9.27. The lowest BCUT2D eigenvalue weighted by molar-refractivity contribution is 0.0805. The Hall–Kier alpha value is -0.120. The molecule has 1 heterocycles. The minimum atomic E-state index is -0.194. The van der Waals surface area contributed by atoms with Crippen LogP contribution in [-0.2, 0) is 0 Å². The number of rotatable bonds is 3. The number of likely N-dealkylation sites (tertiary alicyclic amines) is 1. The Morgan fingerprint density at radius 2 is 2.23 bits per heavy atom. The van der Waals surface area contributed by atoms with Gasteiger partial charge >= 0.3 is 0 Å². The lowest BCUT2D eigenvalue weighted by atomic mass is 10.0. The second kappa shape index (κ2) is 4.94. The predicted octanol–water partition coefficient (Wildman–Crippen LogP) is 0.393. The summed E-state index contributed by atoms with van der Waals surface area (Å²) in [6, 6.07) is 0.674. The van der Waals surface area contributed by atoms with Gasteiger partial charge in [-0.15, -0.1) is 0 Å². The molecule has 13 heavy (non-hydrogen) atoms. The third-order valence-corrected chi connectivity index (χ3v) is 2.73. The highest BCUT2D eigenvalue weighted by atomic mass is 16.3. The molecule has 78 valence electrons. The maximum Gasteiger partial charge on any atom is 0.0639 e. The fraction of sp³-hybridized carbons (Fsp3) is 1.00. The average molecular weight is 186 g/mol. The quantitative estimate of drug-likeness (QED) is 0.691. The number of nitrogens with zero attached hydrogens (tertiary/aromatic N) is 2. The molecule has 2 unspecified atom stereocenters. The maximum absolute atomic E-state index is 9.27. The van der Waals surface area contributed by atoms with E-state index in [0.29, 0.717) is 6.04 Å². The summed E-state index contributed by atoms with van der Waals surface area (Å²) in [6.07, 6.45) is 2.36. The SMILES string of the molecule is CC(O)CN1CCCC(N(C)C)C1. The molecule has 1 aliphatic heterocycles. The van der Waals surface area contributed by atoms with Crippen LogP contribution >= 0.6 is 0 Å². The van der Waals surface area contributed by atoms with E-state index in [2.05, 4.69) is 23.9 Å². The molecule has 1 fully saturated rings. The Bertz CT molecular complexity index is 148. The van der Waals surface area contributed by atoms with Gasteiger partial charge in [0.05, 0.1) is 6.10 Å². The Morgan fingerprint density at radius 3 is 2.77 bits per heavy atom. The molecule has 0 spiro atoms. The van der Waals surface area contributed by atoms with Crippen molar-refractivity contribution in [2.45, 2.75) is 31.9 Å². The van der Waals surface area contributed by atoms with Gasteiger partial charge in [-0.1, -0.05) is 0 Å². The summed E-state index contributed by atoms with van der Waals surface area (Å²) in [6.45, 7) is 4.94. The zero-order valence-electron chi connectivity index (χ0n) is 9.03. The number of piperidine rings is 1. The molecule has 1 aliphatic rings. The van der Waals surface area contributed by atoms with E-state index < -0.39 is 0 Å². The van der Waals surface area contributed by atoms with Gasteiger partial charge in [-0.3, -0.25) is 4.90 Å². The van der Waals surface area contributed by atoms with Crippen molar-refractivity contribution in [3.05, 3.63) is 0 Å². The van der Waals surface area contributed by atoms with Crippen LogP contribution in [0.5, 0.6) is 0 Å².